The molecular formula is C16H24O. The van der Waals surface area contributed by atoms with Gasteiger partial charge in [-0.15, -0.1) is 0 Å². The van der Waals surface area contributed by atoms with E-state index >= 15 is 0 Å². The van der Waals surface area contributed by atoms with Gasteiger partial charge in [-0.2, -0.15) is 0 Å². The molecule has 0 unspecified atom stereocenters. The zero-order valence-electron chi connectivity index (χ0n) is 11.2. The van der Waals surface area contributed by atoms with Crippen LogP contribution in [0.25, 0.3) is 0 Å². The molecule has 17 heavy (non-hydrogen) atoms. The second kappa shape index (κ2) is 4.81. The summed E-state index contributed by atoms with van der Waals surface area (Å²) >= 11 is 0. The number of hydrogen-bond donors (Lipinski definition) is 1. The summed E-state index contributed by atoms with van der Waals surface area (Å²) in [4.78, 5) is 0. The Morgan fingerprint density at radius 2 is 1.59 bits per heavy atom. The molecule has 1 nitrogen and oxygen atoms in total. The molecule has 0 aliphatic heterocycles. The number of hydrogen-bond acceptors (Lipinski definition) is 1. The molecule has 1 aliphatic rings. The van der Waals surface area contributed by atoms with Crippen molar-refractivity contribution in [3.8, 4) is 0 Å². The summed E-state index contributed by atoms with van der Waals surface area (Å²) < 4.78 is 0. The van der Waals surface area contributed by atoms with E-state index in [1.165, 1.54) is 24.0 Å². The Morgan fingerprint density at radius 1 is 1.00 bits per heavy atom. The topological polar surface area (TPSA) is 20.2 Å². The molecule has 0 heterocycles. The van der Waals surface area contributed by atoms with Crippen LogP contribution >= 0.6 is 0 Å². The molecule has 1 N–H and O–H groups in total. The third-order valence-corrected chi connectivity index (χ3v) is 3.93. The standard InChI is InChI=1S/C16H24O/c1-16(2,3)13-10-8-12(9-11-13)14-6-4-5-7-15(14)17/h8-11,14-15,17H,4-7H2,1-3H3/t14-,15+/m1/s1. The number of rotatable bonds is 1. The van der Waals surface area contributed by atoms with Gasteiger partial charge in [0.1, 0.15) is 0 Å². The van der Waals surface area contributed by atoms with Crippen LogP contribution in [0, 0.1) is 0 Å². The van der Waals surface area contributed by atoms with Gasteiger partial charge in [0.2, 0.25) is 0 Å². The van der Waals surface area contributed by atoms with Crippen LogP contribution in [0.1, 0.15) is 63.5 Å². The Hall–Kier alpha value is -0.820. The van der Waals surface area contributed by atoms with Gasteiger partial charge in [-0.1, -0.05) is 57.9 Å². The predicted molar refractivity (Wildman–Crippen MR) is 72.4 cm³/mol. The summed E-state index contributed by atoms with van der Waals surface area (Å²) in [5, 5.41) is 10.1. The van der Waals surface area contributed by atoms with Gasteiger partial charge in [0.05, 0.1) is 6.10 Å². The fourth-order valence-corrected chi connectivity index (χ4v) is 2.73. The molecule has 0 spiro atoms. The molecule has 0 saturated heterocycles. The van der Waals surface area contributed by atoms with E-state index < -0.39 is 0 Å². The molecule has 1 aromatic carbocycles. The summed E-state index contributed by atoms with van der Waals surface area (Å²) in [5.74, 6) is 0.359. The molecule has 2 atom stereocenters. The molecule has 0 aromatic heterocycles. The minimum Gasteiger partial charge on any atom is -0.392 e. The lowest BCUT2D eigenvalue weighted by Crippen LogP contribution is -2.22. The first kappa shape index (κ1) is 12.6. The van der Waals surface area contributed by atoms with Crippen LogP contribution in [0.3, 0.4) is 0 Å². The summed E-state index contributed by atoms with van der Waals surface area (Å²) in [6.07, 6.45) is 4.40. The van der Waals surface area contributed by atoms with E-state index in [-0.39, 0.29) is 11.5 Å². The van der Waals surface area contributed by atoms with Crippen molar-refractivity contribution in [1.29, 1.82) is 0 Å². The van der Waals surface area contributed by atoms with Crippen molar-refractivity contribution in [3.05, 3.63) is 35.4 Å². The summed E-state index contributed by atoms with van der Waals surface area (Å²) in [6, 6.07) is 8.85. The Labute approximate surface area is 105 Å². The Bertz CT molecular complexity index is 358. The molecule has 1 aromatic rings. The van der Waals surface area contributed by atoms with Crippen molar-refractivity contribution in [2.24, 2.45) is 0 Å². The van der Waals surface area contributed by atoms with E-state index in [0.29, 0.717) is 5.92 Å². The maximum atomic E-state index is 10.1. The smallest absolute Gasteiger partial charge is 0.0608 e. The summed E-state index contributed by atoms with van der Waals surface area (Å²) in [7, 11) is 0. The first-order valence-corrected chi connectivity index (χ1v) is 6.77. The molecule has 0 bridgehead atoms. The molecule has 0 radical (unpaired) electrons. The summed E-state index contributed by atoms with van der Waals surface area (Å²) in [6.45, 7) is 6.70. The quantitative estimate of drug-likeness (QED) is 0.776. The van der Waals surface area contributed by atoms with Gasteiger partial charge in [-0.05, 0) is 29.4 Å². The molecular weight excluding hydrogens is 208 g/mol. The maximum absolute atomic E-state index is 10.1. The van der Waals surface area contributed by atoms with Crippen molar-refractivity contribution >= 4 is 0 Å². The average molecular weight is 232 g/mol. The van der Waals surface area contributed by atoms with E-state index in [4.69, 9.17) is 0 Å². The molecule has 1 saturated carbocycles. The molecule has 0 amide bonds. The monoisotopic (exact) mass is 232 g/mol. The number of aliphatic hydroxyl groups is 1. The van der Waals surface area contributed by atoms with E-state index in [1.807, 2.05) is 0 Å². The lowest BCUT2D eigenvalue weighted by Gasteiger charge is -2.28. The minimum atomic E-state index is -0.135. The van der Waals surface area contributed by atoms with Crippen LogP contribution in [-0.4, -0.2) is 11.2 Å². The first-order valence-electron chi connectivity index (χ1n) is 6.77. The van der Waals surface area contributed by atoms with Gasteiger partial charge < -0.3 is 5.11 Å². The first-order chi connectivity index (χ1) is 7.98. The molecule has 1 heteroatoms. The van der Waals surface area contributed by atoms with Gasteiger partial charge in [0.15, 0.2) is 0 Å². The fourth-order valence-electron chi connectivity index (χ4n) is 2.73. The van der Waals surface area contributed by atoms with Gasteiger partial charge in [-0.25, -0.2) is 0 Å². The zero-order valence-corrected chi connectivity index (χ0v) is 11.2. The number of benzene rings is 1. The van der Waals surface area contributed by atoms with Crippen molar-refractivity contribution in [2.75, 3.05) is 0 Å². The number of aliphatic hydroxyl groups excluding tert-OH is 1. The van der Waals surface area contributed by atoms with Crippen LogP contribution in [0.5, 0.6) is 0 Å². The normalized spacial score (nSPS) is 25.9. The molecule has 1 aliphatic carbocycles. The highest BCUT2D eigenvalue weighted by molar-refractivity contribution is 5.30. The summed E-state index contributed by atoms with van der Waals surface area (Å²) in [5.41, 5.74) is 2.89. The van der Waals surface area contributed by atoms with Crippen molar-refractivity contribution in [1.82, 2.24) is 0 Å². The average Bonchev–Trinajstić information content (AvgIpc) is 2.29. The Morgan fingerprint density at radius 3 is 2.12 bits per heavy atom. The van der Waals surface area contributed by atoms with Crippen LogP contribution in [0.15, 0.2) is 24.3 Å². The van der Waals surface area contributed by atoms with Gasteiger partial charge in [0, 0.05) is 5.92 Å². The SMILES string of the molecule is CC(C)(C)c1ccc([C@H]2CCCC[C@@H]2O)cc1. The molecule has 1 fully saturated rings. The van der Waals surface area contributed by atoms with Crippen LogP contribution in [0.4, 0.5) is 0 Å². The predicted octanol–water partition coefficient (Wildman–Crippen LogP) is 4.00. The Balaban J connectivity index is 2.17. The van der Waals surface area contributed by atoms with Gasteiger partial charge in [0.25, 0.3) is 0 Å². The minimum absolute atomic E-state index is 0.135. The maximum Gasteiger partial charge on any atom is 0.0608 e. The van der Waals surface area contributed by atoms with Crippen LogP contribution in [-0.2, 0) is 5.41 Å². The highest BCUT2D eigenvalue weighted by Crippen LogP contribution is 2.34. The third-order valence-electron chi connectivity index (χ3n) is 3.93. The fraction of sp³-hybridized carbons (Fsp3) is 0.625. The van der Waals surface area contributed by atoms with Crippen molar-refractivity contribution < 1.29 is 5.11 Å². The van der Waals surface area contributed by atoms with E-state index in [1.54, 1.807) is 0 Å². The molecule has 2 rings (SSSR count). The second-order valence-corrected chi connectivity index (χ2v) is 6.33. The van der Waals surface area contributed by atoms with Crippen molar-refractivity contribution in [3.63, 3.8) is 0 Å². The van der Waals surface area contributed by atoms with Gasteiger partial charge in [-0.3, -0.25) is 0 Å². The second-order valence-electron chi connectivity index (χ2n) is 6.33. The highest BCUT2D eigenvalue weighted by atomic mass is 16.3. The third kappa shape index (κ3) is 2.90. The zero-order chi connectivity index (χ0) is 12.5. The lowest BCUT2D eigenvalue weighted by atomic mass is 9.80. The largest absolute Gasteiger partial charge is 0.392 e. The van der Waals surface area contributed by atoms with Crippen molar-refractivity contribution in [2.45, 2.75) is 63.9 Å². The van der Waals surface area contributed by atoms with Crippen LogP contribution < -0.4 is 0 Å². The van der Waals surface area contributed by atoms with Crippen LogP contribution in [0.2, 0.25) is 0 Å². The lowest BCUT2D eigenvalue weighted by molar-refractivity contribution is 0.106. The van der Waals surface area contributed by atoms with Gasteiger partial charge >= 0.3 is 0 Å². The van der Waals surface area contributed by atoms with E-state index in [0.717, 1.165) is 12.8 Å². The molecule has 94 valence electrons. The highest BCUT2D eigenvalue weighted by Gasteiger charge is 2.24. The Kier molecular flexibility index (Phi) is 3.58. The van der Waals surface area contributed by atoms with E-state index in [9.17, 15) is 5.11 Å². The van der Waals surface area contributed by atoms with E-state index in [2.05, 4.69) is 45.0 Å².